The van der Waals surface area contributed by atoms with E-state index in [4.69, 9.17) is 0 Å². The Hall–Kier alpha value is -3.07. The average molecular weight is 347 g/mol. The van der Waals surface area contributed by atoms with Crippen molar-refractivity contribution in [2.24, 2.45) is 0 Å². The monoisotopic (exact) mass is 347 g/mol. The number of anilines is 1. The maximum atomic E-state index is 12.6. The normalized spacial score (nSPS) is 12.3. The number of H-pyrrole nitrogens is 1. The number of carbonyl (C=O) groups excluding carboxylic acids is 1. The van der Waals surface area contributed by atoms with Crippen molar-refractivity contribution in [1.29, 1.82) is 0 Å². The van der Waals surface area contributed by atoms with Crippen LogP contribution in [0.15, 0.2) is 42.7 Å². The van der Waals surface area contributed by atoms with Gasteiger partial charge in [0, 0.05) is 24.6 Å². The Bertz CT molecular complexity index is 869. The second-order valence-electron chi connectivity index (χ2n) is 5.29. The Morgan fingerprint density at radius 2 is 2.00 bits per heavy atom. The highest BCUT2D eigenvalue weighted by molar-refractivity contribution is 5.91. The second-order valence-corrected chi connectivity index (χ2v) is 5.29. The first kappa shape index (κ1) is 16.8. The Balaban J connectivity index is 1.60. The van der Waals surface area contributed by atoms with E-state index >= 15 is 0 Å². The molecule has 2 aromatic heterocycles. The summed E-state index contributed by atoms with van der Waals surface area (Å²) >= 11 is 0. The third-order valence-electron chi connectivity index (χ3n) is 3.51. The standard InChI is InChI=1S/C16H15F2N5O2/c17-14(18)15-22-11-2-1-10(7-12(11)23-15)21-16(25)20-8-13(24)9-3-5-19-6-4-9/h1-7,13-14,24H,8H2,(H,22,23)(H2,20,21,25). The lowest BCUT2D eigenvalue weighted by molar-refractivity contribution is 0.142. The van der Waals surface area contributed by atoms with E-state index < -0.39 is 24.4 Å². The molecule has 3 aromatic rings. The number of hydrogen-bond donors (Lipinski definition) is 4. The van der Waals surface area contributed by atoms with E-state index in [1.54, 1.807) is 30.6 Å². The average Bonchev–Trinajstić information content (AvgIpc) is 3.04. The van der Waals surface area contributed by atoms with Gasteiger partial charge in [-0.2, -0.15) is 0 Å². The van der Waals surface area contributed by atoms with Gasteiger partial charge in [-0.25, -0.2) is 18.6 Å². The lowest BCUT2D eigenvalue weighted by Crippen LogP contribution is -2.32. The molecule has 0 radical (unpaired) electrons. The van der Waals surface area contributed by atoms with Gasteiger partial charge in [0.1, 0.15) is 0 Å². The first-order chi connectivity index (χ1) is 12.0. The summed E-state index contributed by atoms with van der Waals surface area (Å²) in [5.41, 5.74) is 1.82. The van der Waals surface area contributed by atoms with Gasteiger partial charge in [0.25, 0.3) is 6.43 Å². The van der Waals surface area contributed by atoms with Crippen LogP contribution in [0.1, 0.15) is 23.9 Å². The number of alkyl halides is 2. The first-order valence-electron chi connectivity index (χ1n) is 7.43. The molecule has 0 bridgehead atoms. The Morgan fingerprint density at radius 1 is 1.24 bits per heavy atom. The number of imidazole rings is 1. The van der Waals surface area contributed by atoms with Gasteiger partial charge in [-0.05, 0) is 35.9 Å². The number of rotatable bonds is 5. The van der Waals surface area contributed by atoms with Gasteiger partial charge < -0.3 is 20.7 Å². The molecule has 9 heteroatoms. The Labute approximate surface area is 141 Å². The molecule has 0 fully saturated rings. The number of halogens is 2. The fourth-order valence-electron chi connectivity index (χ4n) is 2.28. The highest BCUT2D eigenvalue weighted by atomic mass is 19.3. The molecule has 0 spiro atoms. The van der Waals surface area contributed by atoms with E-state index in [0.29, 0.717) is 22.3 Å². The van der Waals surface area contributed by atoms with Crippen LogP contribution in [0, 0.1) is 0 Å². The molecule has 130 valence electrons. The quantitative estimate of drug-likeness (QED) is 0.570. The predicted molar refractivity (Wildman–Crippen MR) is 87.3 cm³/mol. The van der Waals surface area contributed by atoms with Crippen LogP contribution in [-0.2, 0) is 0 Å². The van der Waals surface area contributed by atoms with E-state index in [-0.39, 0.29) is 6.54 Å². The molecule has 0 aliphatic carbocycles. The topological polar surface area (TPSA) is 103 Å². The molecule has 1 aromatic carbocycles. The van der Waals surface area contributed by atoms with Crippen molar-refractivity contribution in [3.63, 3.8) is 0 Å². The molecule has 0 saturated heterocycles. The van der Waals surface area contributed by atoms with Crippen LogP contribution in [0.3, 0.4) is 0 Å². The van der Waals surface area contributed by atoms with Crippen LogP contribution in [0.2, 0.25) is 0 Å². The number of pyridine rings is 1. The number of nitrogens with zero attached hydrogens (tertiary/aromatic N) is 2. The van der Waals surface area contributed by atoms with Crippen LogP contribution in [0.25, 0.3) is 11.0 Å². The van der Waals surface area contributed by atoms with Gasteiger partial charge >= 0.3 is 6.03 Å². The first-order valence-corrected chi connectivity index (χ1v) is 7.43. The Kier molecular flexibility index (Phi) is 4.85. The highest BCUT2D eigenvalue weighted by Crippen LogP contribution is 2.22. The minimum Gasteiger partial charge on any atom is -0.387 e. The molecule has 2 heterocycles. The lowest BCUT2D eigenvalue weighted by Gasteiger charge is -2.12. The summed E-state index contributed by atoms with van der Waals surface area (Å²) in [7, 11) is 0. The largest absolute Gasteiger partial charge is 0.387 e. The molecular formula is C16H15F2N5O2. The number of fused-ring (bicyclic) bond motifs is 1. The molecule has 3 rings (SSSR count). The predicted octanol–water partition coefficient (Wildman–Crippen LogP) is 2.75. The van der Waals surface area contributed by atoms with Crippen molar-refractivity contribution in [3.05, 3.63) is 54.1 Å². The van der Waals surface area contributed by atoms with Gasteiger partial charge in [-0.15, -0.1) is 0 Å². The molecular weight excluding hydrogens is 332 g/mol. The zero-order chi connectivity index (χ0) is 17.8. The number of hydrogen-bond acceptors (Lipinski definition) is 4. The SMILES string of the molecule is O=C(NCC(O)c1ccncc1)Nc1ccc2nc(C(F)F)[nH]c2c1. The minimum absolute atomic E-state index is 0.0116. The molecule has 2 amide bonds. The summed E-state index contributed by atoms with van der Waals surface area (Å²) in [6, 6.07) is 7.36. The third kappa shape index (κ3) is 4.07. The fraction of sp³-hybridized carbons (Fsp3) is 0.188. The number of aliphatic hydroxyl groups excluding tert-OH is 1. The highest BCUT2D eigenvalue weighted by Gasteiger charge is 2.13. The van der Waals surface area contributed by atoms with E-state index in [0.717, 1.165) is 0 Å². The Morgan fingerprint density at radius 3 is 2.72 bits per heavy atom. The smallest absolute Gasteiger partial charge is 0.319 e. The zero-order valence-electron chi connectivity index (χ0n) is 12.9. The van der Waals surface area contributed by atoms with E-state index in [9.17, 15) is 18.7 Å². The molecule has 0 saturated carbocycles. The molecule has 1 atom stereocenters. The van der Waals surface area contributed by atoms with Gasteiger partial charge in [0.05, 0.1) is 17.1 Å². The molecule has 25 heavy (non-hydrogen) atoms. The van der Waals surface area contributed by atoms with Crippen molar-refractivity contribution in [2.45, 2.75) is 12.5 Å². The second kappa shape index (κ2) is 7.22. The van der Waals surface area contributed by atoms with Crippen molar-refractivity contribution in [3.8, 4) is 0 Å². The third-order valence-corrected chi connectivity index (χ3v) is 3.51. The number of carbonyl (C=O) groups is 1. The van der Waals surface area contributed by atoms with Crippen molar-refractivity contribution in [2.75, 3.05) is 11.9 Å². The maximum Gasteiger partial charge on any atom is 0.319 e. The van der Waals surface area contributed by atoms with E-state index in [1.165, 1.54) is 12.1 Å². The fourth-order valence-corrected chi connectivity index (χ4v) is 2.28. The molecule has 7 nitrogen and oxygen atoms in total. The number of aromatic amines is 1. The summed E-state index contributed by atoms with van der Waals surface area (Å²) in [4.78, 5) is 22.0. The number of nitrogens with one attached hydrogen (secondary N) is 3. The lowest BCUT2D eigenvalue weighted by atomic mass is 10.1. The number of aliphatic hydroxyl groups is 1. The summed E-state index contributed by atoms with van der Waals surface area (Å²) in [5.74, 6) is -0.419. The maximum absolute atomic E-state index is 12.6. The van der Waals surface area contributed by atoms with Crippen LogP contribution in [0.5, 0.6) is 0 Å². The van der Waals surface area contributed by atoms with Crippen molar-refractivity contribution < 1.29 is 18.7 Å². The number of urea groups is 1. The van der Waals surface area contributed by atoms with Crippen LogP contribution in [0.4, 0.5) is 19.3 Å². The molecule has 0 aliphatic rings. The van der Waals surface area contributed by atoms with Gasteiger partial charge in [0.15, 0.2) is 5.82 Å². The minimum atomic E-state index is -2.69. The van der Waals surface area contributed by atoms with Crippen molar-refractivity contribution in [1.82, 2.24) is 20.3 Å². The summed E-state index contributed by atoms with van der Waals surface area (Å²) < 4.78 is 25.3. The molecule has 4 N–H and O–H groups in total. The zero-order valence-corrected chi connectivity index (χ0v) is 12.9. The summed E-state index contributed by atoms with van der Waals surface area (Å²) in [6.45, 7) is 0.0116. The summed E-state index contributed by atoms with van der Waals surface area (Å²) in [5, 5.41) is 15.1. The number of aromatic nitrogens is 3. The summed E-state index contributed by atoms with van der Waals surface area (Å²) in [6.07, 6.45) is -0.461. The molecule has 0 aliphatic heterocycles. The van der Waals surface area contributed by atoms with Gasteiger partial charge in [-0.1, -0.05) is 0 Å². The van der Waals surface area contributed by atoms with Gasteiger partial charge in [-0.3, -0.25) is 4.98 Å². The number of benzene rings is 1. The van der Waals surface area contributed by atoms with Crippen LogP contribution in [-0.4, -0.2) is 32.6 Å². The van der Waals surface area contributed by atoms with Crippen LogP contribution < -0.4 is 10.6 Å². The van der Waals surface area contributed by atoms with Gasteiger partial charge in [0.2, 0.25) is 0 Å². The molecule has 1 unspecified atom stereocenters. The number of amides is 2. The van der Waals surface area contributed by atoms with E-state index in [2.05, 4.69) is 25.6 Å². The van der Waals surface area contributed by atoms with Crippen LogP contribution >= 0.6 is 0 Å². The van der Waals surface area contributed by atoms with Crippen molar-refractivity contribution >= 4 is 22.8 Å². The van der Waals surface area contributed by atoms with E-state index in [1.807, 2.05) is 0 Å².